The molecule has 0 aliphatic carbocycles. The highest BCUT2D eigenvalue weighted by Gasteiger charge is 2.07. The van der Waals surface area contributed by atoms with Crippen LogP contribution in [0.5, 0.6) is 5.75 Å². The molecule has 0 atom stereocenters. The quantitative estimate of drug-likeness (QED) is 0.405. The number of rotatable bonds is 5. The Hall–Kier alpha value is -3.64. The number of pyridine rings is 1. The van der Waals surface area contributed by atoms with E-state index in [2.05, 4.69) is 4.98 Å². The molecule has 0 unspecified atom stereocenters. The molecule has 3 aromatic carbocycles. The number of ether oxygens (including phenoxy) is 1. The van der Waals surface area contributed by atoms with Crippen molar-refractivity contribution in [2.24, 2.45) is 5.73 Å². The summed E-state index contributed by atoms with van der Waals surface area (Å²) in [6, 6.07) is 22.5. The number of benzene rings is 3. The number of para-hydroxylation sites is 1. The molecule has 3 N–H and O–H groups in total. The van der Waals surface area contributed by atoms with Crippen molar-refractivity contribution in [1.82, 2.24) is 10.0 Å². The molecule has 6 heteroatoms. The standard InChI is InChI=1S/C22H19N3O3/c23-22(26)25(27)13-15-5-6-18-12-20(10-8-17(18)11-15)28-14-19-9-7-16-3-1-2-4-21(16)24-19/h1-12,27H,13-14H2,(H2,23,26). The van der Waals surface area contributed by atoms with Crippen LogP contribution >= 0.6 is 0 Å². The zero-order valence-electron chi connectivity index (χ0n) is 15.1. The third-order valence-electron chi connectivity index (χ3n) is 4.51. The van der Waals surface area contributed by atoms with Crippen molar-refractivity contribution in [3.05, 3.63) is 84.1 Å². The Bertz CT molecular complexity index is 1160. The van der Waals surface area contributed by atoms with Crippen molar-refractivity contribution in [3.8, 4) is 5.75 Å². The van der Waals surface area contributed by atoms with Gasteiger partial charge in [-0.3, -0.25) is 5.21 Å². The van der Waals surface area contributed by atoms with Crippen molar-refractivity contribution in [3.63, 3.8) is 0 Å². The first-order valence-electron chi connectivity index (χ1n) is 8.84. The average Bonchev–Trinajstić information content (AvgIpc) is 2.72. The van der Waals surface area contributed by atoms with E-state index < -0.39 is 6.03 Å². The van der Waals surface area contributed by atoms with Gasteiger partial charge in [0.15, 0.2) is 0 Å². The summed E-state index contributed by atoms with van der Waals surface area (Å²) in [5.41, 5.74) is 7.64. The molecular weight excluding hydrogens is 354 g/mol. The number of amides is 2. The van der Waals surface area contributed by atoms with E-state index in [1.807, 2.05) is 72.8 Å². The number of hydrogen-bond donors (Lipinski definition) is 2. The Morgan fingerprint density at radius 3 is 2.57 bits per heavy atom. The fourth-order valence-corrected chi connectivity index (χ4v) is 3.06. The van der Waals surface area contributed by atoms with Crippen LogP contribution in [0.1, 0.15) is 11.3 Å². The molecular formula is C22H19N3O3. The van der Waals surface area contributed by atoms with Gasteiger partial charge in [0, 0.05) is 5.39 Å². The molecule has 4 rings (SSSR count). The van der Waals surface area contributed by atoms with E-state index in [0.717, 1.165) is 38.7 Å². The lowest BCUT2D eigenvalue weighted by Gasteiger charge is -2.13. The predicted octanol–water partition coefficient (Wildman–Crippen LogP) is 4.24. The first-order valence-corrected chi connectivity index (χ1v) is 8.84. The fraction of sp³-hybridized carbons (Fsp3) is 0.0909. The number of carbonyl (C=O) groups excluding carboxylic acids is 1. The topological polar surface area (TPSA) is 88.7 Å². The normalized spacial score (nSPS) is 10.9. The van der Waals surface area contributed by atoms with Crippen LogP contribution < -0.4 is 10.5 Å². The molecule has 1 heterocycles. The van der Waals surface area contributed by atoms with Gasteiger partial charge in [-0.1, -0.05) is 42.5 Å². The number of hydrogen-bond acceptors (Lipinski definition) is 4. The third kappa shape index (κ3) is 3.87. The molecule has 1 aromatic heterocycles. The van der Waals surface area contributed by atoms with E-state index in [1.54, 1.807) is 0 Å². The lowest BCUT2D eigenvalue weighted by Crippen LogP contribution is -2.31. The van der Waals surface area contributed by atoms with Crippen molar-refractivity contribution in [2.75, 3.05) is 0 Å². The Balaban J connectivity index is 1.48. The number of carbonyl (C=O) groups is 1. The fourth-order valence-electron chi connectivity index (χ4n) is 3.06. The highest BCUT2D eigenvalue weighted by atomic mass is 16.5. The molecule has 0 spiro atoms. The Morgan fingerprint density at radius 1 is 0.964 bits per heavy atom. The minimum Gasteiger partial charge on any atom is -0.487 e. The van der Waals surface area contributed by atoms with E-state index in [1.165, 1.54) is 0 Å². The molecule has 0 radical (unpaired) electrons. The first-order chi connectivity index (χ1) is 13.6. The molecule has 28 heavy (non-hydrogen) atoms. The monoisotopic (exact) mass is 373 g/mol. The van der Waals surface area contributed by atoms with Crippen LogP contribution in [-0.2, 0) is 13.2 Å². The maximum Gasteiger partial charge on any atom is 0.338 e. The van der Waals surface area contributed by atoms with Crippen molar-refractivity contribution in [2.45, 2.75) is 13.2 Å². The summed E-state index contributed by atoms with van der Waals surface area (Å²) in [4.78, 5) is 15.6. The number of urea groups is 1. The Morgan fingerprint density at radius 2 is 1.71 bits per heavy atom. The summed E-state index contributed by atoms with van der Waals surface area (Å²) in [5, 5.41) is 13.0. The van der Waals surface area contributed by atoms with E-state index in [4.69, 9.17) is 10.5 Å². The lowest BCUT2D eigenvalue weighted by atomic mass is 10.1. The van der Waals surface area contributed by atoms with Crippen LogP contribution in [0.2, 0.25) is 0 Å². The first kappa shape index (κ1) is 17.8. The van der Waals surface area contributed by atoms with Crippen molar-refractivity contribution in [1.29, 1.82) is 0 Å². The van der Waals surface area contributed by atoms with Crippen LogP contribution in [0.15, 0.2) is 72.8 Å². The van der Waals surface area contributed by atoms with E-state index in [9.17, 15) is 10.0 Å². The van der Waals surface area contributed by atoms with Gasteiger partial charge in [-0.25, -0.2) is 14.8 Å². The highest BCUT2D eigenvalue weighted by Crippen LogP contribution is 2.23. The van der Waals surface area contributed by atoms with Gasteiger partial charge in [0.25, 0.3) is 0 Å². The molecule has 0 saturated heterocycles. The molecule has 0 bridgehead atoms. The zero-order valence-corrected chi connectivity index (χ0v) is 15.1. The summed E-state index contributed by atoms with van der Waals surface area (Å²) in [6.07, 6.45) is 0. The van der Waals surface area contributed by atoms with Gasteiger partial charge in [0.1, 0.15) is 12.4 Å². The number of nitrogens with two attached hydrogens (primary N) is 1. The van der Waals surface area contributed by atoms with Gasteiger partial charge in [-0.2, -0.15) is 0 Å². The minimum atomic E-state index is -0.883. The second-order valence-electron chi connectivity index (χ2n) is 6.52. The molecule has 140 valence electrons. The number of hydroxylamine groups is 2. The van der Waals surface area contributed by atoms with Crippen molar-refractivity contribution >= 4 is 27.7 Å². The minimum absolute atomic E-state index is 0.0388. The maximum absolute atomic E-state index is 10.9. The molecule has 6 nitrogen and oxygen atoms in total. The second-order valence-corrected chi connectivity index (χ2v) is 6.52. The third-order valence-corrected chi connectivity index (χ3v) is 4.51. The van der Waals surface area contributed by atoms with E-state index in [-0.39, 0.29) is 6.54 Å². The Labute approximate surface area is 161 Å². The van der Waals surface area contributed by atoms with Gasteiger partial charge in [0.05, 0.1) is 17.8 Å². The van der Waals surface area contributed by atoms with E-state index >= 15 is 0 Å². The summed E-state index contributed by atoms with van der Waals surface area (Å²) in [7, 11) is 0. The smallest absolute Gasteiger partial charge is 0.338 e. The predicted molar refractivity (Wildman–Crippen MR) is 107 cm³/mol. The molecule has 0 aliphatic heterocycles. The van der Waals surface area contributed by atoms with Crippen molar-refractivity contribution < 1.29 is 14.7 Å². The average molecular weight is 373 g/mol. The molecule has 4 aromatic rings. The van der Waals surface area contributed by atoms with Crippen LogP contribution in [0, 0.1) is 0 Å². The van der Waals surface area contributed by atoms with Gasteiger partial charge in [0.2, 0.25) is 0 Å². The summed E-state index contributed by atoms with van der Waals surface area (Å²) < 4.78 is 5.90. The van der Waals surface area contributed by atoms with Gasteiger partial charge in [-0.15, -0.1) is 0 Å². The molecule has 2 amide bonds. The summed E-state index contributed by atoms with van der Waals surface area (Å²) >= 11 is 0. The largest absolute Gasteiger partial charge is 0.487 e. The van der Waals surface area contributed by atoms with Crippen LogP contribution in [0.25, 0.3) is 21.7 Å². The van der Waals surface area contributed by atoms with Crippen LogP contribution in [-0.4, -0.2) is 21.3 Å². The maximum atomic E-state index is 10.9. The molecule has 0 aliphatic rings. The second kappa shape index (κ2) is 7.54. The molecule has 0 fully saturated rings. The summed E-state index contributed by atoms with van der Waals surface area (Å²) in [6.45, 7) is 0.420. The Kier molecular flexibility index (Phi) is 4.78. The van der Waals surface area contributed by atoms with Gasteiger partial charge >= 0.3 is 6.03 Å². The number of fused-ring (bicyclic) bond motifs is 2. The summed E-state index contributed by atoms with van der Waals surface area (Å²) in [5.74, 6) is 0.746. The van der Waals surface area contributed by atoms with Gasteiger partial charge in [-0.05, 0) is 46.7 Å². The number of primary amides is 1. The molecule has 0 saturated carbocycles. The lowest BCUT2D eigenvalue weighted by molar-refractivity contribution is -0.0470. The number of nitrogens with zero attached hydrogens (tertiary/aromatic N) is 2. The highest BCUT2D eigenvalue weighted by molar-refractivity contribution is 5.84. The van der Waals surface area contributed by atoms with E-state index in [0.29, 0.717) is 11.7 Å². The number of aromatic nitrogens is 1. The zero-order chi connectivity index (χ0) is 19.5. The SMILES string of the molecule is NC(=O)N(O)Cc1ccc2cc(OCc3ccc4ccccc4n3)ccc2c1. The van der Waals surface area contributed by atoms with Gasteiger partial charge < -0.3 is 10.5 Å². The van der Waals surface area contributed by atoms with Crippen LogP contribution in [0.3, 0.4) is 0 Å². The van der Waals surface area contributed by atoms with Crippen LogP contribution in [0.4, 0.5) is 4.79 Å².